The number of hydrogen-bond acceptors (Lipinski definition) is 3. The number of carbonyl (C=O) groups is 1. The van der Waals surface area contributed by atoms with Crippen molar-refractivity contribution in [2.24, 2.45) is 11.7 Å². The smallest absolute Gasteiger partial charge is 0.255 e. The van der Waals surface area contributed by atoms with Crippen molar-refractivity contribution in [1.29, 1.82) is 0 Å². The fraction of sp³-hybridized carbons (Fsp3) is 0.304. The van der Waals surface area contributed by atoms with Crippen molar-refractivity contribution in [3.05, 3.63) is 77.5 Å². The molecule has 0 spiro atoms. The van der Waals surface area contributed by atoms with E-state index in [1.54, 1.807) is 0 Å². The van der Waals surface area contributed by atoms with Crippen LogP contribution in [0.1, 0.15) is 34.3 Å². The van der Waals surface area contributed by atoms with Gasteiger partial charge in [-0.3, -0.25) is 9.48 Å². The normalized spacial score (nSPS) is 14.6. The van der Waals surface area contributed by atoms with Gasteiger partial charge in [0.1, 0.15) is 5.69 Å². The van der Waals surface area contributed by atoms with Crippen LogP contribution in [0.25, 0.3) is 11.3 Å². The lowest BCUT2D eigenvalue weighted by atomic mass is 10.1. The van der Waals surface area contributed by atoms with Crippen LogP contribution in [0, 0.1) is 12.8 Å². The Kier molecular flexibility index (Phi) is 5.26. The van der Waals surface area contributed by atoms with Gasteiger partial charge in [0.15, 0.2) is 0 Å². The summed E-state index contributed by atoms with van der Waals surface area (Å²) in [6.07, 6.45) is 4.17. The molecule has 1 aliphatic rings. The lowest BCUT2D eigenvalue weighted by Gasteiger charge is -2.11. The Labute approximate surface area is 165 Å². The molecule has 0 bridgehead atoms. The van der Waals surface area contributed by atoms with Crippen molar-refractivity contribution in [2.45, 2.75) is 32.4 Å². The van der Waals surface area contributed by atoms with Crippen LogP contribution >= 0.6 is 0 Å². The van der Waals surface area contributed by atoms with E-state index in [9.17, 15) is 4.79 Å². The van der Waals surface area contributed by atoms with Gasteiger partial charge >= 0.3 is 0 Å². The number of nitrogens with two attached hydrogens (primary N) is 1. The van der Waals surface area contributed by atoms with Gasteiger partial charge in [-0.1, -0.05) is 60.2 Å². The molecule has 0 saturated heterocycles. The minimum absolute atomic E-state index is 0.0335. The largest absolute Gasteiger partial charge is 0.350 e. The molecule has 0 radical (unpaired) electrons. The van der Waals surface area contributed by atoms with Crippen molar-refractivity contribution in [3.63, 3.8) is 0 Å². The van der Waals surface area contributed by atoms with Crippen LogP contribution < -0.4 is 11.1 Å². The van der Waals surface area contributed by atoms with Crippen molar-refractivity contribution in [1.82, 2.24) is 15.1 Å². The summed E-state index contributed by atoms with van der Waals surface area (Å²) in [5, 5.41) is 7.73. The second-order valence-electron chi connectivity index (χ2n) is 7.65. The standard InChI is InChI=1S/C23H26N4O/c1-16-7-9-19(10-8-16)22-20(23(28)25-13-21(24)18-11-12-18)15-27(26-22)14-17-5-3-2-4-6-17/h2-10,15,18,21H,11-14,24H2,1H3,(H,25,28). The highest BCUT2D eigenvalue weighted by Crippen LogP contribution is 2.31. The number of nitrogens with zero attached hydrogens (tertiary/aromatic N) is 2. The highest BCUT2D eigenvalue weighted by Gasteiger charge is 2.29. The molecule has 2 aromatic carbocycles. The summed E-state index contributed by atoms with van der Waals surface area (Å²) in [5.74, 6) is 0.434. The maximum atomic E-state index is 12.9. The first-order chi connectivity index (χ1) is 13.6. The number of hydrogen-bond donors (Lipinski definition) is 2. The molecule has 1 aliphatic carbocycles. The molecule has 4 rings (SSSR count). The lowest BCUT2D eigenvalue weighted by molar-refractivity contribution is 0.0951. The number of amides is 1. The van der Waals surface area contributed by atoms with Crippen LogP contribution in [0.4, 0.5) is 0 Å². The molecule has 5 heteroatoms. The summed E-state index contributed by atoms with van der Waals surface area (Å²) in [6.45, 7) is 3.17. The van der Waals surface area contributed by atoms with Gasteiger partial charge in [0.25, 0.3) is 5.91 Å². The summed E-state index contributed by atoms with van der Waals surface area (Å²) < 4.78 is 1.83. The van der Waals surface area contributed by atoms with E-state index in [-0.39, 0.29) is 11.9 Å². The molecule has 28 heavy (non-hydrogen) atoms. The van der Waals surface area contributed by atoms with Crippen molar-refractivity contribution in [2.75, 3.05) is 6.54 Å². The predicted molar refractivity (Wildman–Crippen MR) is 111 cm³/mol. The molecule has 1 saturated carbocycles. The molecule has 1 amide bonds. The zero-order valence-corrected chi connectivity index (χ0v) is 16.1. The van der Waals surface area contributed by atoms with E-state index in [1.165, 1.54) is 18.4 Å². The molecule has 1 atom stereocenters. The Bertz CT molecular complexity index is 942. The highest BCUT2D eigenvalue weighted by molar-refractivity contribution is 5.99. The molecule has 3 N–H and O–H groups in total. The summed E-state index contributed by atoms with van der Waals surface area (Å²) in [6, 6.07) is 18.3. The first-order valence-electron chi connectivity index (χ1n) is 9.82. The van der Waals surface area contributed by atoms with Crippen molar-refractivity contribution < 1.29 is 4.79 Å². The monoisotopic (exact) mass is 374 g/mol. The Morgan fingerprint density at radius 3 is 2.57 bits per heavy atom. The van der Waals surface area contributed by atoms with E-state index >= 15 is 0 Å². The highest BCUT2D eigenvalue weighted by atomic mass is 16.1. The molecule has 144 valence electrons. The van der Waals surface area contributed by atoms with E-state index in [4.69, 9.17) is 10.8 Å². The maximum Gasteiger partial charge on any atom is 0.255 e. The van der Waals surface area contributed by atoms with E-state index < -0.39 is 0 Å². The van der Waals surface area contributed by atoms with Gasteiger partial charge < -0.3 is 11.1 Å². The Morgan fingerprint density at radius 1 is 1.18 bits per heavy atom. The zero-order valence-electron chi connectivity index (χ0n) is 16.1. The molecule has 5 nitrogen and oxygen atoms in total. The average molecular weight is 374 g/mol. The molecule has 1 fully saturated rings. The fourth-order valence-electron chi connectivity index (χ4n) is 3.36. The first kappa shape index (κ1) is 18.4. The first-order valence-corrected chi connectivity index (χ1v) is 9.82. The molecule has 1 heterocycles. The molecule has 1 aromatic heterocycles. The molecule has 0 aliphatic heterocycles. The number of carbonyl (C=O) groups excluding carboxylic acids is 1. The third kappa shape index (κ3) is 4.31. The molecule has 1 unspecified atom stereocenters. The predicted octanol–water partition coefficient (Wildman–Crippen LogP) is 3.37. The third-order valence-electron chi connectivity index (χ3n) is 5.24. The topological polar surface area (TPSA) is 72.9 Å². The fourth-order valence-corrected chi connectivity index (χ4v) is 3.36. The Hall–Kier alpha value is -2.92. The van der Waals surface area contributed by atoms with Crippen LogP contribution in [0.15, 0.2) is 60.8 Å². The van der Waals surface area contributed by atoms with Gasteiger partial charge in [-0.05, 0) is 31.2 Å². The van der Waals surface area contributed by atoms with Gasteiger partial charge in [-0.15, -0.1) is 0 Å². The Morgan fingerprint density at radius 2 is 1.89 bits per heavy atom. The van der Waals surface area contributed by atoms with Crippen LogP contribution in [0.5, 0.6) is 0 Å². The maximum absolute atomic E-state index is 12.9. The minimum Gasteiger partial charge on any atom is -0.350 e. The van der Waals surface area contributed by atoms with Crippen LogP contribution in [-0.4, -0.2) is 28.3 Å². The minimum atomic E-state index is -0.119. The quantitative estimate of drug-likeness (QED) is 0.666. The van der Waals surface area contributed by atoms with E-state index in [2.05, 4.69) is 17.4 Å². The SMILES string of the molecule is Cc1ccc(-c2nn(Cc3ccccc3)cc2C(=O)NCC(N)C2CC2)cc1. The van der Waals surface area contributed by atoms with E-state index in [1.807, 2.05) is 60.3 Å². The number of rotatable bonds is 7. The average Bonchev–Trinajstić information content (AvgIpc) is 3.48. The third-order valence-corrected chi connectivity index (χ3v) is 5.24. The van der Waals surface area contributed by atoms with Crippen molar-refractivity contribution in [3.8, 4) is 11.3 Å². The second-order valence-corrected chi connectivity index (χ2v) is 7.65. The van der Waals surface area contributed by atoms with Crippen LogP contribution in [0.3, 0.4) is 0 Å². The molecule has 3 aromatic rings. The lowest BCUT2D eigenvalue weighted by Crippen LogP contribution is -2.38. The zero-order chi connectivity index (χ0) is 19.5. The number of nitrogens with one attached hydrogen (secondary N) is 1. The van der Waals surface area contributed by atoms with Crippen molar-refractivity contribution >= 4 is 5.91 Å². The number of aryl methyl sites for hydroxylation is 1. The summed E-state index contributed by atoms with van der Waals surface area (Å²) >= 11 is 0. The molecular weight excluding hydrogens is 348 g/mol. The number of benzene rings is 2. The summed E-state index contributed by atoms with van der Waals surface area (Å²) in [7, 11) is 0. The van der Waals surface area contributed by atoms with Gasteiger partial charge in [-0.2, -0.15) is 5.10 Å². The summed E-state index contributed by atoms with van der Waals surface area (Å²) in [5.41, 5.74) is 10.7. The Balaban J connectivity index is 1.60. The summed E-state index contributed by atoms with van der Waals surface area (Å²) in [4.78, 5) is 12.9. The van der Waals surface area contributed by atoms with Gasteiger partial charge in [0, 0.05) is 24.3 Å². The van der Waals surface area contributed by atoms with Gasteiger partial charge in [-0.25, -0.2) is 0 Å². The van der Waals surface area contributed by atoms with Gasteiger partial charge in [0.2, 0.25) is 0 Å². The van der Waals surface area contributed by atoms with Gasteiger partial charge in [0.05, 0.1) is 12.1 Å². The second kappa shape index (κ2) is 7.98. The number of aromatic nitrogens is 2. The van der Waals surface area contributed by atoms with E-state index in [0.29, 0.717) is 30.3 Å². The molecular formula is C23H26N4O. The van der Waals surface area contributed by atoms with E-state index in [0.717, 1.165) is 11.1 Å². The van der Waals surface area contributed by atoms with Crippen LogP contribution in [0.2, 0.25) is 0 Å². The van der Waals surface area contributed by atoms with Crippen LogP contribution in [-0.2, 0) is 6.54 Å².